The lowest BCUT2D eigenvalue weighted by molar-refractivity contribution is 0.130. The zero-order valence-corrected chi connectivity index (χ0v) is 18.2. The molecule has 2 aromatic carbocycles. The first-order valence-electron chi connectivity index (χ1n) is 10.1. The third-order valence-corrected chi connectivity index (χ3v) is 6.55. The van der Waals surface area contributed by atoms with Gasteiger partial charge in [0.1, 0.15) is 0 Å². The van der Waals surface area contributed by atoms with E-state index in [4.69, 9.17) is 23.2 Å². The highest BCUT2D eigenvalue weighted by molar-refractivity contribution is 6.42. The van der Waals surface area contributed by atoms with Crippen LogP contribution in [0.2, 0.25) is 10.0 Å². The van der Waals surface area contributed by atoms with Crippen LogP contribution in [0.4, 0.5) is 0 Å². The maximum Gasteiger partial charge on any atom is 0.261 e. The highest BCUT2D eigenvalue weighted by atomic mass is 35.5. The Bertz CT molecular complexity index is 1090. The molecule has 4 nitrogen and oxygen atoms in total. The molecule has 0 radical (unpaired) electrons. The van der Waals surface area contributed by atoms with Gasteiger partial charge in [0.2, 0.25) is 0 Å². The molecule has 1 aliphatic rings. The minimum atomic E-state index is 0.0126. The number of nitrogens with zero attached hydrogens (tertiary/aromatic N) is 3. The number of hydrogen-bond acceptors (Lipinski definition) is 3. The molecule has 29 heavy (non-hydrogen) atoms. The molecule has 1 fully saturated rings. The Labute approximate surface area is 181 Å². The van der Waals surface area contributed by atoms with Crippen LogP contribution in [0.25, 0.3) is 22.0 Å². The summed E-state index contributed by atoms with van der Waals surface area (Å²) in [6.07, 6.45) is 4.02. The number of likely N-dealkylation sites (tertiary alicyclic amines) is 1. The van der Waals surface area contributed by atoms with Crippen LogP contribution in [0.5, 0.6) is 0 Å². The molecule has 0 N–H and O–H groups in total. The van der Waals surface area contributed by atoms with Gasteiger partial charge >= 0.3 is 0 Å². The highest BCUT2D eigenvalue weighted by Crippen LogP contribution is 2.29. The van der Waals surface area contributed by atoms with Gasteiger partial charge in [0.15, 0.2) is 0 Å². The average molecular weight is 430 g/mol. The molecule has 1 atom stereocenters. The second-order valence-corrected chi connectivity index (χ2v) is 8.97. The zero-order chi connectivity index (χ0) is 20.5. The number of piperidine rings is 1. The summed E-state index contributed by atoms with van der Waals surface area (Å²) in [5.74, 6) is 0.473. The van der Waals surface area contributed by atoms with Gasteiger partial charge in [-0.1, -0.05) is 35.3 Å². The Morgan fingerprint density at radius 1 is 1.10 bits per heavy atom. The molecule has 152 valence electrons. The summed E-state index contributed by atoms with van der Waals surface area (Å²) in [6, 6.07) is 11.8. The van der Waals surface area contributed by atoms with Crippen LogP contribution in [0.15, 0.2) is 47.5 Å². The molecule has 0 bridgehead atoms. The summed E-state index contributed by atoms with van der Waals surface area (Å²) in [5, 5.41) is 1.65. The normalized spacial score (nSPS) is 17.9. The summed E-state index contributed by atoms with van der Waals surface area (Å²) in [4.78, 5) is 20.2. The van der Waals surface area contributed by atoms with Crippen molar-refractivity contribution in [1.82, 2.24) is 14.5 Å². The van der Waals surface area contributed by atoms with Crippen molar-refractivity contribution in [2.24, 2.45) is 5.92 Å². The van der Waals surface area contributed by atoms with Crippen LogP contribution in [0.1, 0.15) is 26.7 Å². The fourth-order valence-electron chi connectivity index (χ4n) is 4.14. The van der Waals surface area contributed by atoms with E-state index in [9.17, 15) is 4.79 Å². The van der Waals surface area contributed by atoms with E-state index >= 15 is 0 Å². The Kier molecular flexibility index (Phi) is 5.95. The lowest BCUT2D eigenvalue weighted by Gasteiger charge is -2.35. The largest absolute Gasteiger partial charge is 0.301 e. The van der Waals surface area contributed by atoms with Gasteiger partial charge in [-0.25, -0.2) is 4.98 Å². The van der Waals surface area contributed by atoms with E-state index in [0.717, 1.165) is 30.6 Å². The van der Waals surface area contributed by atoms with Crippen molar-refractivity contribution in [1.29, 1.82) is 0 Å². The maximum atomic E-state index is 13.2. The molecule has 1 aliphatic heterocycles. The molecule has 3 aromatic rings. The van der Waals surface area contributed by atoms with Gasteiger partial charge in [0.05, 0.1) is 27.3 Å². The number of halogens is 2. The number of aromatic nitrogens is 2. The zero-order valence-electron chi connectivity index (χ0n) is 16.7. The Hall–Kier alpha value is -1.88. The van der Waals surface area contributed by atoms with E-state index in [2.05, 4.69) is 23.7 Å². The quantitative estimate of drug-likeness (QED) is 0.549. The molecule has 0 saturated carbocycles. The fourth-order valence-corrected chi connectivity index (χ4v) is 4.44. The fraction of sp³-hybridized carbons (Fsp3) is 0.391. The lowest BCUT2D eigenvalue weighted by atomic mass is 9.97. The molecule has 0 aliphatic carbocycles. The Morgan fingerprint density at radius 2 is 1.86 bits per heavy atom. The summed E-state index contributed by atoms with van der Waals surface area (Å²) >= 11 is 12.2. The number of benzene rings is 2. The molecule has 0 amide bonds. The van der Waals surface area contributed by atoms with Crippen molar-refractivity contribution in [3.63, 3.8) is 0 Å². The summed E-state index contributed by atoms with van der Waals surface area (Å²) in [7, 11) is 0. The van der Waals surface area contributed by atoms with E-state index in [1.807, 2.05) is 30.3 Å². The molecule has 2 heterocycles. The number of fused-ring (bicyclic) bond motifs is 1. The maximum absolute atomic E-state index is 13.2. The van der Waals surface area contributed by atoms with Gasteiger partial charge in [0.25, 0.3) is 5.56 Å². The van der Waals surface area contributed by atoms with E-state index < -0.39 is 0 Å². The first-order chi connectivity index (χ1) is 13.9. The Balaban J connectivity index is 1.65. The lowest BCUT2D eigenvalue weighted by Crippen LogP contribution is -2.42. The van der Waals surface area contributed by atoms with Crippen LogP contribution in [0, 0.1) is 5.92 Å². The summed E-state index contributed by atoms with van der Waals surface area (Å²) < 4.78 is 1.77. The van der Waals surface area contributed by atoms with E-state index in [1.165, 1.54) is 6.42 Å². The molecule has 0 unspecified atom stereocenters. The molecular formula is C23H25Cl2N3O. The van der Waals surface area contributed by atoms with Crippen molar-refractivity contribution in [3.8, 4) is 11.1 Å². The van der Waals surface area contributed by atoms with Crippen molar-refractivity contribution in [2.45, 2.75) is 39.3 Å². The SMILES string of the molecule is CC(C)N1CCC[C@H](Cn2cnc3ccc(-c4ccc(Cl)c(Cl)c4)cc3c2=O)C1. The molecule has 1 saturated heterocycles. The number of hydrogen-bond donors (Lipinski definition) is 0. The van der Waals surface area contributed by atoms with E-state index in [-0.39, 0.29) is 5.56 Å². The standard InChI is InChI=1S/C23H25Cl2N3O/c1-15(2)27-9-3-4-16(12-27)13-28-14-26-22-8-6-17(10-19(22)23(28)29)18-5-7-20(24)21(25)11-18/h5-8,10-11,14-16H,3-4,9,12-13H2,1-2H3/t16-/m0/s1. The smallest absolute Gasteiger partial charge is 0.261 e. The van der Waals surface area contributed by atoms with Crippen LogP contribution >= 0.6 is 23.2 Å². The topological polar surface area (TPSA) is 38.1 Å². The van der Waals surface area contributed by atoms with Crippen molar-refractivity contribution in [2.75, 3.05) is 13.1 Å². The first kappa shape index (κ1) is 20.4. The van der Waals surface area contributed by atoms with Gasteiger partial charge in [-0.15, -0.1) is 0 Å². The predicted molar refractivity (Wildman–Crippen MR) is 121 cm³/mol. The minimum Gasteiger partial charge on any atom is -0.301 e. The Morgan fingerprint density at radius 3 is 2.62 bits per heavy atom. The monoisotopic (exact) mass is 429 g/mol. The first-order valence-corrected chi connectivity index (χ1v) is 10.9. The molecule has 1 aromatic heterocycles. The molecule has 0 spiro atoms. The van der Waals surface area contributed by atoms with Crippen LogP contribution in [0.3, 0.4) is 0 Å². The van der Waals surface area contributed by atoms with Gasteiger partial charge < -0.3 is 4.90 Å². The van der Waals surface area contributed by atoms with E-state index in [1.54, 1.807) is 17.0 Å². The molecule has 4 rings (SSSR count). The van der Waals surface area contributed by atoms with Gasteiger partial charge in [-0.05, 0) is 74.5 Å². The van der Waals surface area contributed by atoms with Gasteiger partial charge in [-0.2, -0.15) is 0 Å². The third-order valence-electron chi connectivity index (χ3n) is 5.81. The molecule has 6 heteroatoms. The van der Waals surface area contributed by atoms with Gasteiger partial charge in [-0.3, -0.25) is 9.36 Å². The van der Waals surface area contributed by atoms with Crippen molar-refractivity contribution in [3.05, 3.63) is 63.1 Å². The predicted octanol–water partition coefficient (Wildman–Crippen LogP) is 5.49. The average Bonchev–Trinajstić information content (AvgIpc) is 2.72. The second-order valence-electron chi connectivity index (χ2n) is 8.16. The van der Waals surface area contributed by atoms with Crippen LogP contribution in [-0.2, 0) is 6.54 Å². The van der Waals surface area contributed by atoms with Crippen LogP contribution < -0.4 is 5.56 Å². The number of rotatable bonds is 4. The van der Waals surface area contributed by atoms with Crippen molar-refractivity contribution < 1.29 is 0 Å². The molecular weight excluding hydrogens is 405 g/mol. The van der Waals surface area contributed by atoms with E-state index in [0.29, 0.717) is 39.5 Å². The summed E-state index contributed by atoms with van der Waals surface area (Å²) in [6.45, 7) is 7.35. The van der Waals surface area contributed by atoms with Crippen molar-refractivity contribution >= 4 is 34.1 Å². The van der Waals surface area contributed by atoms with Gasteiger partial charge in [0, 0.05) is 19.1 Å². The minimum absolute atomic E-state index is 0.0126. The third kappa shape index (κ3) is 4.35. The van der Waals surface area contributed by atoms with Crippen LogP contribution in [-0.4, -0.2) is 33.6 Å². The second kappa shape index (κ2) is 8.47. The summed E-state index contributed by atoms with van der Waals surface area (Å²) in [5.41, 5.74) is 2.58. The highest BCUT2D eigenvalue weighted by Gasteiger charge is 2.22.